The quantitative estimate of drug-likeness (QED) is 0.129. The number of fused-ring (bicyclic) bond motifs is 5. The van der Waals surface area contributed by atoms with Crippen LogP contribution in [-0.2, 0) is 14.3 Å². The van der Waals surface area contributed by atoms with Crippen molar-refractivity contribution in [2.45, 2.75) is 112 Å². The van der Waals surface area contributed by atoms with Gasteiger partial charge in [0.05, 0.1) is 5.41 Å². The molecule has 5 heteroatoms. The zero-order valence-corrected chi connectivity index (χ0v) is 25.2. The summed E-state index contributed by atoms with van der Waals surface area (Å²) in [4.78, 5) is 25.2. The SMILES string of the molecule is C=C(CC1(C(=O)NN)CCC2C(CCC3C2(C)CCC2C(C)C(OC(C)=O)CCC23C)C1=C)C(C)C(C)C. The largest absolute Gasteiger partial charge is 0.462 e. The molecule has 0 saturated heterocycles. The smallest absolute Gasteiger partial charge is 0.302 e. The summed E-state index contributed by atoms with van der Waals surface area (Å²) in [6.45, 7) is 24.7. The molecular weight excluding hydrogens is 472 g/mol. The van der Waals surface area contributed by atoms with E-state index in [1.54, 1.807) is 6.92 Å². The van der Waals surface area contributed by atoms with Crippen molar-refractivity contribution in [2.75, 3.05) is 0 Å². The van der Waals surface area contributed by atoms with Crippen LogP contribution in [0.15, 0.2) is 24.3 Å². The second-order valence-electron chi connectivity index (χ2n) is 14.5. The minimum atomic E-state index is -0.656. The molecule has 0 aromatic heterocycles. The van der Waals surface area contributed by atoms with E-state index in [0.717, 1.165) is 43.3 Å². The zero-order valence-electron chi connectivity index (χ0n) is 25.2. The molecule has 4 rings (SSSR count). The van der Waals surface area contributed by atoms with Gasteiger partial charge in [-0.15, -0.1) is 0 Å². The molecule has 0 aliphatic heterocycles. The van der Waals surface area contributed by atoms with Crippen LogP contribution in [0.25, 0.3) is 0 Å². The molecule has 3 N–H and O–H groups in total. The number of rotatable bonds is 6. The average molecular weight is 527 g/mol. The lowest BCUT2D eigenvalue weighted by molar-refractivity contribution is -0.189. The van der Waals surface area contributed by atoms with E-state index < -0.39 is 5.41 Å². The lowest BCUT2D eigenvalue weighted by Gasteiger charge is -2.67. The van der Waals surface area contributed by atoms with E-state index in [1.165, 1.54) is 19.3 Å². The van der Waals surface area contributed by atoms with Crippen molar-refractivity contribution in [3.8, 4) is 0 Å². The van der Waals surface area contributed by atoms with Crippen molar-refractivity contribution in [2.24, 2.45) is 63.5 Å². The minimum Gasteiger partial charge on any atom is -0.462 e. The van der Waals surface area contributed by atoms with Crippen molar-refractivity contribution in [1.82, 2.24) is 5.43 Å². The van der Waals surface area contributed by atoms with Gasteiger partial charge in [0.15, 0.2) is 0 Å². The van der Waals surface area contributed by atoms with Gasteiger partial charge in [-0.3, -0.25) is 15.0 Å². The lowest BCUT2D eigenvalue weighted by atomic mass is 9.38. The Bertz CT molecular complexity index is 973. The number of hydrogen-bond donors (Lipinski definition) is 2. The maximum Gasteiger partial charge on any atom is 0.302 e. The highest BCUT2D eigenvalue weighted by molar-refractivity contribution is 5.86. The molecule has 0 aromatic rings. The summed E-state index contributed by atoms with van der Waals surface area (Å²) in [5.41, 5.74) is 4.61. The first-order chi connectivity index (χ1) is 17.7. The van der Waals surface area contributed by atoms with Crippen molar-refractivity contribution in [3.05, 3.63) is 24.3 Å². The highest BCUT2D eigenvalue weighted by Gasteiger charge is 2.64. The van der Waals surface area contributed by atoms with Gasteiger partial charge in [-0.25, -0.2) is 5.84 Å². The summed E-state index contributed by atoms with van der Waals surface area (Å²) < 4.78 is 5.77. The standard InChI is InChI=1S/C33H54N2O3/c1-19(2)21(4)20(3)18-33(30(37)35-34)17-13-27-25(23(33)6)10-11-29-31(8)16-14-28(38-24(7)36)22(5)26(31)12-15-32(27,29)9/h19,21-22,25-29H,3,6,10-18,34H2,1-2,4-5,7-9H3,(H,35,37). The van der Waals surface area contributed by atoms with E-state index in [2.05, 4.69) is 60.1 Å². The van der Waals surface area contributed by atoms with Gasteiger partial charge in [-0.2, -0.15) is 0 Å². The third-order valence-electron chi connectivity index (χ3n) is 12.7. The van der Waals surface area contributed by atoms with Gasteiger partial charge in [-0.1, -0.05) is 65.8 Å². The van der Waals surface area contributed by atoms with Crippen LogP contribution in [0.1, 0.15) is 106 Å². The third-order valence-corrected chi connectivity index (χ3v) is 12.7. The molecule has 10 atom stereocenters. The minimum absolute atomic E-state index is 0.0532. The van der Waals surface area contributed by atoms with Crippen LogP contribution in [0, 0.1) is 57.7 Å². The summed E-state index contributed by atoms with van der Waals surface area (Å²) in [6, 6.07) is 0. The molecule has 4 saturated carbocycles. The first kappa shape index (κ1) is 29.4. The van der Waals surface area contributed by atoms with Crippen molar-refractivity contribution >= 4 is 11.9 Å². The molecule has 0 aromatic carbocycles. The van der Waals surface area contributed by atoms with E-state index in [-0.39, 0.29) is 28.8 Å². The maximum atomic E-state index is 13.5. The summed E-state index contributed by atoms with van der Waals surface area (Å²) in [7, 11) is 0. The molecular formula is C33H54N2O3. The molecule has 38 heavy (non-hydrogen) atoms. The topological polar surface area (TPSA) is 81.4 Å². The van der Waals surface area contributed by atoms with Crippen molar-refractivity contribution < 1.29 is 14.3 Å². The number of amides is 1. The molecule has 4 aliphatic rings. The molecule has 0 bridgehead atoms. The number of allylic oxidation sites excluding steroid dienone is 1. The monoisotopic (exact) mass is 526 g/mol. The van der Waals surface area contributed by atoms with Gasteiger partial charge in [-0.05, 0) is 110 Å². The number of esters is 1. The van der Waals surface area contributed by atoms with Gasteiger partial charge >= 0.3 is 5.97 Å². The Labute approximate surface area is 231 Å². The first-order valence-electron chi connectivity index (χ1n) is 15.3. The highest BCUT2D eigenvalue weighted by Crippen LogP contribution is 2.70. The van der Waals surface area contributed by atoms with E-state index in [9.17, 15) is 9.59 Å². The highest BCUT2D eigenvalue weighted by atomic mass is 16.5. The Hall–Kier alpha value is -1.62. The van der Waals surface area contributed by atoms with Crippen LogP contribution >= 0.6 is 0 Å². The summed E-state index contributed by atoms with van der Waals surface area (Å²) >= 11 is 0. The molecule has 0 spiro atoms. The van der Waals surface area contributed by atoms with Crippen LogP contribution < -0.4 is 11.3 Å². The predicted molar refractivity (Wildman–Crippen MR) is 153 cm³/mol. The number of nitrogens with two attached hydrogens (primary N) is 1. The molecule has 214 valence electrons. The second-order valence-corrected chi connectivity index (χ2v) is 14.5. The molecule has 5 nitrogen and oxygen atoms in total. The Morgan fingerprint density at radius 1 is 1.03 bits per heavy atom. The van der Waals surface area contributed by atoms with E-state index >= 15 is 0 Å². The molecule has 4 aliphatic carbocycles. The summed E-state index contributed by atoms with van der Waals surface area (Å²) in [6.07, 6.45) is 9.31. The molecule has 4 fully saturated rings. The lowest BCUT2D eigenvalue weighted by Crippen LogP contribution is -2.61. The molecule has 0 heterocycles. The number of hydrazine groups is 1. The van der Waals surface area contributed by atoms with Gasteiger partial charge in [0.2, 0.25) is 5.91 Å². The Morgan fingerprint density at radius 3 is 2.24 bits per heavy atom. The fraction of sp³-hybridized carbons (Fsp3) is 0.818. The fourth-order valence-electron chi connectivity index (χ4n) is 10.2. The Balaban J connectivity index is 1.60. The normalized spacial score (nSPS) is 43.3. The number of carbonyl (C=O) groups is 2. The fourth-order valence-corrected chi connectivity index (χ4v) is 10.2. The third kappa shape index (κ3) is 4.49. The number of carbonyl (C=O) groups excluding carboxylic acids is 2. The van der Waals surface area contributed by atoms with Gasteiger partial charge in [0.25, 0.3) is 0 Å². The molecule has 10 unspecified atom stereocenters. The summed E-state index contributed by atoms with van der Waals surface area (Å²) in [5.74, 6) is 8.92. The number of hydrogen-bond acceptors (Lipinski definition) is 4. The van der Waals surface area contributed by atoms with Gasteiger partial charge in [0, 0.05) is 6.92 Å². The number of nitrogens with one attached hydrogen (secondary N) is 1. The molecule has 0 radical (unpaired) electrons. The van der Waals surface area contributed by atoms with Crippen LogP contribution in [0.2, 0.25) is 0 Å². The number of ether oxygens (including phenoxy) is 1. The maximum absolute atomic E-state index is 13.5. The zero-order chi connectivity index (χ0) is 28.2. The van der Waals surface area contributed by atoms with Gasteiger partial charge < -0.3 is 4.74 Å². The predicted octanol–water partition coefficient (Wildman–Crippen LogP) is 6.98. The summed E-state index contributed by atoms with van der Waals surface area (Å²) in [5, 5.41) is 0. The van der Waals surface area contributed by atoms with Crippen LogP contribution in [0.5, 0.6) is 0 Å². The van der Waals surface area contributed by atoms with E-state index in [0.29, 0.717) is 47.8 Å². The van der Waals surface area contributed by atoms with Crippen molar-refractivity contribution in [1.29, 1.82) is 0 Å². The first-order valence-corrected chi connectivity index (χ1v) is 15.3. The van der Waals surface area contributed by atoms with E-state index in [1.807, 2.05) is 0 Å². The van der Waals surface area contributed by atoms with Crippen LogP contribution in [0.4, 0.5) is 0 Å². The Kier molecular flexibility index (Phi) is 8.04. The molecule has 1 amide bonds. The van der Waals surface area contributed by atoms with Gasteiger partial charge in [0.1, 0.15) is 6.10 Å². The average Bonchev–Trinajstić information content (AvgIpc) is 2.86. The van der Waals surface area contributed by atoms with Crippen LogP contribution in [-0.4, -0.2) is 18.0 Å². The van der Waals surface area contributed by atoms with E-state index in [4.69, 9.17) is 10.6 Å². The van der Waals surface area contributed by atoms with Crippen LogP contribution in [0.3, 0.4) is 0 Å². The Morgan fingerprint density at radius 2 is 1.63 bits per heavy atom. The van der Waals surface area contributed by atoms with Crippen molar-refractivity contribution in [3.63, 3.8) is 0 Å². The second kappa shape index (κ2) is 10.4.